The van der Waals surface area contributed by atoms with Gasteiger partial charge in [-0.1, -0.05) is 0 Å². The maximum Gasteiger partial charge on any atom is 0.295 e. The van der Waals surface area contributed by atoms with Crippen LogP contribution in [0.3, 0.4) is 0 Å². The summed E-state index contributed by atoms with van der Waals surface area (Å²) in [6, 6.07) is 0. The first-order valence-corrected chi connectivity index (χ1v) is 3.79. The fourth-order valence-electron chi connectivity index (χ4n) is 0.0816. The van der Waals surface area contributed by atoms with Crippen LogP contribution in [0.4, 0.5) is 0 Å². The van der Waals surface area contributed by atoms with Crippen molar-refractivity contribution in [2.45, 2.75) is 4.20 Å². The molecule has 4 N–H and O–H groups in total. The summed E-state index contributed by atoms with van der Waals surface area (Å²) < 4.78 is 26.1. The minimum Gasteiger partial charge on any atom is -0.392 e. The highest BCUT2D eigenvalue weighted by Gasteiger charge is 2.33. The van der Waals surface area contributed by atoms with E-state index < -0.39 is 20.9 Å². The number of hydrogen-bond acceptors (Lipinski definition) is 5. The van der Waals surface area contributed by atoms with Gasteiger partial charge in [-0.15, -0.1) is 12.6 Å². The van der Waals surface area contributed by atoms with Gasteiger partial charge < -0.3 is 10.8 Å². The molecular weight excluding hydrogens is 166 g/mol. The number of aliphatic hydroxyl groups excluding tert-OH is 1. The highest BCUT2D eigenvalue weighted by atomic mass is 32.3. The van der Waals surface area contributed by atoms with Gasteiger partial charge in [0.15, 0.2) is 0 Å². The van der Waals surface area contributed by atoms with Gasteiger partial charge in [0, 0.05) is 0 Å². The quantitative estimate of drug-likeness (QED) is 0.229. The Labute approximate surface area is 58.0 Å². The monoisotopic (exact) mass is 173 g/mol. The molecule has 0 aliphatic carbocycles. The third kappa shape index (κ3) is 2.11. The fraction of sp³-hybridized carbons (Fsp3) is 1.00. The molecule has 56 valence electrons. The summed E-state index contributed by atoms with van der Waals surface area (Å²) in [5, 5.41) is 8.19. The zero-order valence-electron chi connectivity index (χ0n) is 4.35. The van der Waals surface area contributed by atoms with Crippen molar-refractivity contribution in [1.82, 2.24) is 0 Å². The van der Waals surface area contributed by atoms with Gasteiger partial charge in [-0.25, -0.2) is 0 Å². The van der Waals surface area contributed by atoms with E-state index in [-0.39, 0.29) is 0 Å². The lowest BCUT2D eigenvalue weighted by Gasteiger charge is -2.15. The Balaban J connectivity index is 4.56. The van der Waals surface area contributed by atoms with Gasteiger partial charge in [0.2, 0.25) is 4.20 Å². The Bertz CT molecular complexity index is 183. The predicted molar refractivity (Wildman–Crippen MR) is 34.5 cm³/mol. The Hall–Kier alpha value is 0.180. The van der Waals surface area contributed by atoms with Crippen LogP contribution >= 0.6 is 12.6 Å². The molecule has 0 fully saturated rings. The molecule has 1 atom stereocenters. The Morgan fingerprint density at radius 1 is 1.67 bits per heavy atom. The Morgan fingerprint density at radius 3 is 2.00 bits per heavy atom. The molecule has 0 saturated heterocycles. The van der Waals surface area contributed by atoms with E-state index in [1.165, 1.54) is 0 Å². The molecule has 1 unspecified atom stereocenters. The Kier molecular flexibility index (Phi) is 2.48. The molecule has 0 heterocycles. The van der Waals surface area contributed by atoms with E-state index in [2.05, 4.69) is 12.6 Å². The van der Waals surface area contributed by atoms with Crippen LogP contribution in [0.5, 0.6) is 0 Å². The lowest BCUT2D eigenvalue weighted by atomic mass is 10.7. The zero-order valence-corrected chi connectivity index (χ0v) is 6.06. The highest BCUT2D eigenvalue weighted by Crippen LogP contribution is 2.11. The van der Waals surface area contributed by atoms with Crippen molar-refractivity contribution in [3.05, 3.63) is 0 Å². The van der Waals surface area contributed by atoms with Crippen LogP contribution < -0.4 is 5.73 Å². The second-order valence-corrected chi connectivity index (χ2v) is 4.26. The first-order valence-electron chi connectivity index (χ1n) is 1.90. The van der Waals surface area contributed by atoms with Gasteiger partial charge in [-0.3, -0.25) is 4.55 Å². The third-order valence-electron chi connectivity index (χ3n) is 0.673. The fourth-order valence-corrected chi connectivity index (χ4v) is 0.245. The van der Waals surface area contributed by atoms with Crippen molar-refractivity contribution in [2.75, 3.05) is 6.61 Å². The van der Waals surface area contributed by atoms with Crippen LogP contribution in [0.1, 0.15) is 0 Å². The zero-order chi connectivity index (χ0) is 7.71. The summed E-state index contributed by atoms with van der Waals surface area (Å²) in [5.41, 5.74) is 4.77. The van der Waals surface area contributed by atoms with Gasteiger partial charge >= 0.3 is 0 Å². The minimum absolute atomic E-state index is 0.936. The van der Waals surface area contributed by atoms with E-state index in [0.717, 1.165) is 0 Å². The maximum atomic E-state index is 10.1. The molecule has 9 heavy (non-hydrogen) atoms. The van der Waals surface area contributed by atoms with Crippen LogP contribution in [-0.4, -0.2) is 28.9 Å². The minimum atomic E-state index is -4.46. The highest BCUT2D eigenvalue weighted by molar-refractivity contribution is 8.03. The van der Waals surface area contributed by atoms with Gasteiger partial charge in [0.1, 0.15) is 0 Å². The summed E-state index contributed by atoms with van der Waals surface area (Å²) in [6.45, 7) is -0.936. The number of thiol groups is 1. The standard InChI is InChI=1S/C2H7NO4S2/c3-2(8,1-4)9(5,6)7/h4,8H,1,3H2,(H,5,6,7). The van der Waals surface area contributed by atoms with E-state index in [4.69, 9.17) is 15.4 Å². The van der Waals surface area contributed by atoms with Crippen molar-refractivity contribution in [1.29, 1.82) is 0 Å². The van der Waals surface area contributed by atoms with Crippen molar-refractivity contribution < 1.29 is 18.1 Å². The first kappa shape index (κ1) is 9.18. The summed E-state index contributed by atoms with van der Waals surface area (Å²) in [7, 11) is -4.46. The SMILES string of the molecule is NC(S)(CO)S(=O)(=O)O. The van der Waals surface area contributed by atoms with Crippen molar-refractivity contribution in [3.8, 4) is 0 Å². The third-order valence-corrected chi connectivity index (χ3v) is 2.53. The van der Waals surface area contributed by atoms with E-state index >= 15 is 0 Å². The molecule has 7 heteroatoms. The van der Waals surface area contributed by atoms with Crippen LogP contribution in [0, 0.1) is 0 Å². The molecule has 0 amide bonds. The second-order valence-electron chi connectivity index (χ2n) is 1.48. The largest absolute Gasteiger partial charge is 0.392 e. The van der Waals surface area contributed by atoms with E-state index in [1.807, 2.05) is 0 Å². The number of aliphatic hydroxyl groups is 1. The topological polar surface area (TPSA) is 101 Å². The summed E-state index contributed by atoms with van der Waals surface area (Å²) in [6.07, 6.45) is 0. The molecule has 0 radical (unpaired) electrons. The lowest BCUT2D eigenvalue weighted by Crippen LogP contribution is -2.45. The van der Waals surface area contributed by atoms with E-state index in [1.54, 1.807) is 0 Å². The van der Waals surface area contributed by atoms with Crippen LogP contribution in [0.2, 0.25) is 0 Å². The second kappa shape index (κ2) is 2.43. The lowest BCUT2D eigenvalue weighted by molar-refractivity contribution is 0.275. The molecule has 0 aliphatic rings. The number of hydrogen-bond donors (Lipinski definition) is 4. The average Bonchev–Trinajstić information content (AvgIpc) is 1.64. The van der Waals surface area contributed by atoms with Gasteiger partial charge in [0.05, 0.1) is 6.61 Å². The molecule has 0 rings (SSSR count). The van der Waals surface area contributed by atoms with Crippen LogP contribution in [0.25, 0.3) is 0 Å². The molecule has 0 saturated carbocycles. The number of rotatable bonds is 2. The number of nitrogens with two attached hydrogens (primary N) is 1. The molecule has 0 aromatic carbocycles. The summed E-state index contributed by atoms with van der Waals surface area (Å²) >= 11 is 3.26. The summed E-state index contributed by atoms with van der Waals surface area (Å²) in [4.78, 5) is 0. The van der Waals surface area contributed by atoms with Crippen molar-refractivity contribution >= 4 is 22.7 Å². The van der Waals surface area contributed by atoms with E-state index in [9.17, 15) is 8.42 Å². The molecule has 5 nitrogen and oxygen atoms in total. The van der Waals surface area contributed by atoms with Crippen molar-refractivity contribution in [3.63, 3.8) is 0 Å². The van der Waals surface area contributed by atoms with Gasteiger partial charge in [0.25, 0.3) is 10.1 Å². The molecule has 0 aliphatic heterocycles. The average molecular weight is 173 g/mol. The maximum absolute atomic E-state index is 10.1. The van der Waals surface area contributed by atoms with Gasteiger partial charge in [-0.2, -0.15) is 8.42 Å². The molecule has 0 spiro atoms. The smallest absolute Gasteiger partial charge is 0.295 e. The Morgan fingerprint density at radius 2 is 2.00 bits per heavy atom. The van der Waals surface area contributed by atoms with Crippen molar-refractivity contribution in [2.24, 2.45) is 5.73 Å². The van der Waals surface area contributed by atoms with Gasteiger partial charge in [-0.05, 0) is 0 Å². The summed E-state index contributed by atoms with van der Waals surface area (Å²) in [5.74, 6) is 0. The molecular formula is C2H7NO4S2. The van der Waals surface area contributed by atoms with Crippen LogP contribution in [0.15, 0.2) is 0 Å². The van der Waals surface area contributed by atoms with Crippen LogP contribution in [-0.2, 0) is 10.1 Å². The normalized spacial score (nSPS) is 19.1. The molecule has 0 aromatic rings. The predicted octanol–water partition coefficient (Wildman–Crippen LogP) is -1.59. The molecule has 0 bridgehead atoms. The molecule has 0 aromatic heterocycles. The van der Waals surface area contributed by atoms with E-state index in [0.29, 0.717) is 0 Å². The first-order chi connectivity index (χ1) is 3.81.